The van der Waals surface area contributed by atoms with E-state index in [0.717, 1.165) is 37.4 Å². The molecule has 1 aromatic rings. The molecule has 1 atom stereocenters. The molecule has 2 rings (SSSR count). The largest absolute Gasteiger partial charge is 0.497 e. The molecule has 0 radical (unpaired) electrons. The van der Waals surface area contributed by atoms with Crippen molar-refractivity contribution in [3.63, 3.8) is 0 Å². The number of rotatable bonds is 5. The van der Waals surface area contributed by atoms with Crippen molar-refractivity contribution in [2.45, 2.75) is 12.8 Å². The summed E-state index contributed by atoms with van der Waals surface area (Å²) in [5.41, 5.74) is 0.978. The Morgan fingerprint density at radius 3 is 3.14 bits per heavy atom. The molecule has 0 bridgehead atoms. The van der Waals surface area contributed by atoms with Gasteiger partial charge in [0.2, 0.25) is 5.91 Å². The minimum Gasteiger partial charge on any atom is -0.497 e. The van der Waals surface area contributed by atoms with Crippen LogP contribution in [0.25, 0.3) is 6.08 Å². The number of hydrogen-bond donors (Lipinski definition) is 1. The molecule has 1 N–H and O–H groups in total. The number of likely N-dealkylation sites (tertiary alicyclic amines) is 1. The lowest BCUT2D eigenvalue weighted by Crippen LogP contribution is -2.41. The second kappa shape index (κ2) is 7.84. The molecule has 1 aliphatic rings. The fraction of sp³-hybridized carbons (Fsp3) is 0.471. The highest BCUT2D eigenvalue weighted by Gasteiger charge is 2.21. The number of carbonyl (C=O) groups is 1. The third kappa shape index (κ3) is 4.60. The van der Waals surface area contributed by atoms with E-state index in [2.05, 4.69) is 5.32 Å². The summed E-state index contributed by atoms with van der Waals surface area (Å²) in [5, 5.41) is 3.20. The van der Waals surface area contributed by atoms with E-state index < -0.39 is 0 Å². The Kier molecular flexibility index (Phi) is 5.81. The molecule has 1 unspecified atom stereocenters. The van der Waals surface area contributed by atoms with Crippen molar-refractivity contribution < 1.29 is 9.53 Å². The van der Waals surface area contributed by atoms with E-state index in [1.807, 2.05) is 42.3 Å². The molecule has 0 spiro atoms. The van der Waals surface area contributed by atoms with Crippen molar-refractivity contribution in [1.82, 2.24) is 10.2 Å². The van der Waals surface area contributed by atoms with Gasteiger partial charge in [-0.05, 0) is 56.1 Å². The Bertz CT molecular complexity index is 497. The van der Waals surface area contributed by atoms with E-state index in [1.54, 1.807) is 13.2 Å². The fourth-order valence-electron chi connectivity index (χ4n) is 2.74. The Labute approximate surface area is 126 Å². The van der Waals surface area contributed by atoms with Gasteiger partial charge in [-0.15, -0.1) is 0 Å². The Morgan fingerprint density at radius 1 is 1.52 bits per heavy atom. The lowest BCUT2D eigenvalue weighted by molar-refractivity contribution is -0.127. The molecule has 1 saturated heterocycles. The van der Waals surface area contributed by atoms with Crippen molar-refractivity contribution in [3.05, 3.63) is 35.9 Å². The maximum absolute atomic E-state index is 12.3. The lowest BCUT2D eigenvalue weighted by atomic mass is 9.98. The molecule has 21 heavy (non-hydrogen) atoms. The summed E-state index contributed by atoms with van der Waals surface area (Å²) in [5.74, 6) is 1.47. The molecule has 114 valence electrons. The minimum atomic E-state index is 0.0959. The van der Waals surface area contributed by atoms with Crippen LogP contribution in [0.4, 0.5) is 0 Å². The summed E-state index contributed by atoms with van der Waals surface area (Å²) in [6.45, 7) is 2.69. The van der Waals surface area contributed by atoms with E-state index in [9.17, 15) is 4.79 Å². The standard InChI is InChI=1S/C17H24N2O2/c1-18-12-15-6-4-10-19(13-15)17(20)9-8-14-5-3-7-16(11-14)21-2/h3,5,7-9,11,15,18H,4,6,10,12-13H2,1-2H3. The van der Waals surface area contributed by atoms with Gasteiger partial charge >= 0.3 is 0 Å². The highest BCUT2D eigenvalue weighted by Crippen LogP contribution is 2.17. The molecule has 0 aromatic heterocycles. The van der Waals surface area contributed by atoms with Crippen LogP contribution in [0.15, 0.2) is 30.3 Å². The van der Waals surface area contributed by atoms with E-state index >= 15 is 0 Å². The topological polar surface area (TPSA) is 41.6 Å². The number of piperidine rings is 1. The molecule has 1 fully saturated rings. The maximum atomic E-state index is 12.3. The Hall–Kier alpha value is -1.81. The molecule has 4 nitrogen and oxygen atoms in total. The molecule has 0 aliphatic carbocycles. The first kappa shape index (κ1) is 15.6. The predicted octanol–water partition coefficient (Wildman–Crippen LogP) is 2.17. The van der Waals surface area contributed by atoms with Crippen molar-refractivity contribution in [1.29, 1.82) is 0 Å². The van der Waals surface area contributed by atoms with Crippen LogP contribution in [0.3, 0.4) is 0 Å². The zero-order valence-corrected chi connectivity index (χ0v) is 12.8. The number of nitrogens with one attached hydrogen (secondary N) is 1. The van der Waals surface area contributed by atoms with Crippen LogP contribution in [0, 0.1) is 5.92 Å². The highest BCUT2D eigenvalue weighted by molar-refractivity contribution is 5.91. The number of ether oxygens (including phenoxy) is 1. The minimum absolute atomic E-state index is 0.0959. The number of hydrogen-bond acceptors (Lipinski definition) is 3. The van der Waals surface area contributed by atoms with Gasteiger partial charge in [0.1, 0.15) is 5.75 Å². The van der Waals surface area contributed by atoms with E-state index in [0.29, 0.717) is 5.92 Å². The van der Waals surface area contributed by atoms with Crippen LogP contribution >= 0.6 is 0 Å². The molecule has 1 heterocycles. The van der Waals surface area contributed by atoms with Crippen LogP contribution < -0.4 is 10.1 Å². The van der Waals surface area contributed by atoms with Crippen LogP contribution in [-0.4, -0.2) is 44.6 Å². The van der Waals surface area contributed by atoms with Gasteiger partial charge in [0.05, 0.1) is 7.11 Å². The first-order valence-electron chi connectivity index (χ1n) is 7.48. The number of methoxy groups -OCH3 is 1. The molecule has 0 saturated carbocycles. The second-order valence-corrected chi connectivity index (χ2v) is 5.46. The number of benzene rings is 1. The molecular weight excluding hydrogens is 264 g/mol. The van der Waals surface area contributed by atoms with Crippen LogP contribution in [0.5, 0.6) is 5.75 Å². The molecule has 1 aliphatic heterocycles. The third-order valence-corrected chi connectivity index (χ3v) is 3.84. The third-order valence-electron chi connectivity index (χ3n) is 3.84. The second-order valence-electron chi connectivity index (χ2n) is 5.46. The molecule has 1 amide bonds. The van der Waals surface area contributed by atoms with Crippen LogP contribution in [0.1, 0.15) is 18.4 Å². The number of amides is 1. The van der Waals surface area contributed by atoms with Gasteiger partial charge in [-0.25, -0.2) is 0 Å². The van der Waals surface area contributed by atoms with E-state index in [-0.39, 0.29) is 5.91 Å². The van der Waals surface area contributed by atoms with Crippen molar-refractivity contribution >= 4 is 12.0 Å². The van der Waals surface area contributed by atoms with Gasteiger partial charge in [-0.2, -0.15) is 0 Å². The van der Waals surface area contributed by atoms with Gasteiger partial charge in [-0.1, -0.05) is 12.1 Å². The SMILES string of the molecule is CNCC1CCCN(C(=O)C=Cc2cccc(OC)c2)C1. The summed E-state index contributed by atoms with van der Waals surface area (Å²) >= 11 is 0. The average molecular weight is 288 g/mol. The van der Waals surface area contributed by atoms with Gasteiger partial charge in [0.15, 0.2) is 0 Å². The van der Waals surface area contributed by atoms with Crippen molar-refractivity contribution in [3.8, 4) is 5.75 Å². The molecular formula is C17H24N2O2. The maximum Gasteiger partial charge on any atom is 0.246 e. The van der Waals surface area contributed by atoms with Crippen molar-refractivity contribution in [2.75, 3.05) is 33.8 Å². The quantitative estimate of drug-likeness (QED) is 0.844. The summed E-state index contributed by atoms with van der Waals surface area (Å²) in [6.07, 6.45) is 5.80. The lowest BCUT2D eigenvalue weighted by Gasteiger charge is -2.32. The zero-order chi connectivity index (χ0) is 15.1. The first-order valence-corrected chi connectivity index (χ1v) is 7.48. The van der Waals surface area contributed by atoms with Crippen LogP contribution in [-0.2, 0) is 4.79 Å². The van der Waals surface area contributed by atoms with Crippen LogP contribution in [0.2, 0.25) is 0 Å². The monoisotopic (exact) mass is 288 g/mol. The van der Waals surface area contributed by atoms with E-state index in [1.165, 1.54) is 6.42 Å². The Balaban J connectivity index is 1.95. The van der Waals surface area contributed by atoms with Crippen molar-refractivity contribution in [2.24, 2.45) is 5.92 Å². The summed E-state index contributed by atoms with van der Waals surface area (Å²) in [7, 11) is 3.60. The van der Waals surface area contributed by atoms with E-state index in [4.69, 9.17) is 4.74 Å². The zero-order valence-electron chi connectivity index (χ0n) is 12.8. The van der Waals surface area contributed by atoms with Gasteiger partial charge in [-0.3, -0.25) is 4.79 Å². The van der Waals surface area contributed by atoms with Gasteiger partial charge in [0.25, 0.3) is 0 Å². The predicted molar refractivity (Wildman–Crippen MR) is 85.3 cm³/mol. The van der Waals surface area contributed by atoms with Gasteiger partial charge < -0.3 is 15.0 Å². The fourth-order valence-corrected chi connectivity index (χ4v) is 2.74. The molecule has 4 heteroatoms. The first-order chi connectivity index (χ1) is 10.2. The normalized spacial score (nSPS) is 19.0. The summed E-state index contributed by atoms with van der Waals surface area (Å²) < 4.78 is 5.18. The summed E-state index contributed by atoms with van der Waals surface area (Å²) in [6, 6.07) is 7.70. The molecule has 1 aromatic carbocycles. The smallest absolute Gasteiger partial charge is 0.246 e. The number of nitrogens with zero attached hydrogens (tertiary/aromatic N) is 1. The number of carbonyl (C=O) groups excluding carboxylic acids is 1. The average Bonchev–Trinajstić information content (AvgIpc) is 2.53. The summed E-state index contributed by atoms with van der Waals surface area (Å²) in [4.78, 5) is 14.2. The van der Waals surface area contributed by atoms with Gasteiger partial charge in [0, 0.05) is 19.2 Å². The highest BCUT2D eigenvalue weighted by atomic mass is 16.5. The Morgan fingerprint density at radius 2 is 2.38 bits per heavy atom.